The van der Waals surface area contributed by atoms with Crippen LogP contribution in [-0.2, 0) is 0 Å². The van der Waals surface area contributed by atoms with Crippen LogP contribution in [0.1, 0.15) is 20.9 Å². The molecular weight excluding hydrogens is 332 g/mol. The summed E-state index contributed by atoms with van der Waals surface area (Å²) in [5, 5.41) is 11.3. The number of amides is 1. The largest absolute Gasteiger partial charge is 0.291 e. The van der Waals surface area contributed by atoms with E-state index in [1.807, 2.05) is 37.3 Å². The third-order valence-corrected chi connectivity index (χ3v) is 4.47. The third kappa shape index (κ3) is 3.67. The van der Waals surface area contributed by atoms with Crippen molar-refractivity contribution in [3.63, 3.8) is 0 Å². The van der Waals surface area contributed by atoms with E-state index in [0.29, 0.717) is 5.02 Å². The van der Waals surface area contributed by atoms with Gasteiger partial charge >= 0.3 is 0 Å². The second kappa shape index (κ2) is 6.76. The number of carbonyl (C=O) groups is 1. The Morgan fingerprint density at radius 3 is 2.91 bits per heavy atom. The van der Waals surface area contributed by atoms with Gasteiger partial charge in [0, 0.05) is 15.5 Å². The van der Waals surface area contributed by atoms with Crippen LogP contribution in [-0.4, -0.2) is 22.3 Å². The lowest BCUT2D eigenvalue weighted by molar-refractivity contribution is 0.0950. The number of H-pyrrole nitrogens is 1. The second-order valence-electron chi connectivity index (χ2n) is 4.80. The molecule has 3 rings (SSSR count). The first-order chi connectivity index (χ1) is 11.1. The van der Waals surface area contributed by atoms with E-state index in [4.69, 9.17) is 11.6 Å². The molecule has 0 aliphatic heterocycles. The molecular formula is C16H13ClN4OS. The Kier molecular flexibility index (Phi) is 4.55. The summed E-state index contributed by atoms with van der Waals surface area (Å²) >= 11 is 7.64. The molecule has 1 aromatic carbocycles. The summed E-state index contributed by atoms with van der Waals surface area (Å²) in [7, 11) is 0. The van der Waals surface area contributed by atoms with Crippen molar-refractivity contribution >= 4 is 35.1 Å². The van der Waals surface area contributed by atoms with Gasteiger partial charge in [0.15, 0.2) is 5.69 Å². The van der Waals surface area contributed by atoms with E-state index in [0.717, 1.165) is 16.1 Å². The van der Waals surface area contributed by atoms with Gasteiger partial charge in [0.05, 0.1) is 16.8 Å². The predicted octanol–water partition coefficient (Wildman–Crippen LogP) is 3.86. The number of aryl methyl sites for hydroxylation is 1. The first kappa shape index (κ1) is 15.5. The molecule has 0 aliphatic carbocycles. The average Bonchev–Trinajstić information content (AvgIpc) is 3.18. The number of nitrogens with one attached hydrogen (secondary N) is 2. The standard InChI is InChI=1S/C16H13ClN4OS/c1-10-6-7-15(23-10)13-8-14(20-19-13)16(22)21-18-9-11-4-2-3-5-12(11)17/h2-9H,1H3,(H,19,20)(H,21,22). The van der Waals surface area contributed by atoms with E-state index in [2.05, 4.69) is 20.7 Å². The Bertz CT molecular complexity index is 868. The molecule has 2 N–H and O–H groups in total. The molecule has 116 valence electrons. The number of rotatable bonds is 4. The number of halogens is 1. The van der Waals surface area contributed by atoms with Gasteiger partial charge in [-0.2, -0.15) is 10.2 Å². The van der Waals surface area contributed by atoms with Crippen molar-refractivity contribution in [2.75, 3.05) is 0 Å². The molecule has 1 amide bonds. The molecule has 5 nitrogen and oxygen atoms in total. The fourth-order valence-electron chi connectivity index (χ4n) is 1.94. The summed E-state index contributed by atoms with van der Waals surface area (Å²) < 4.78 is 0. The van der Waals surface area contributed by atoms with Crippen molar-refractivity contribution < 1.29 is 4.79 Å². The lowest BCUT2D eigenvalue weighted by Gasteiger charge is -1.97. The zero-order valence-electron chi connectivity index (χ0n) is 12.2. The maximum Gasteiger partial charge on any atom is 0.291 e. The average molecular weight is 345 g/mol. The van der Waals surface area contributed by atoms with Gasteiger partial charge in [-0.05, 0) is 31.2 Å². The zero-order chi connectivity index (χ0) is 16.2. The molecule has 0 bridgehead atoms. The predicted molar refractivity (Wildman–Crippen MR) is 93.1 cm³/mol. The first-order valence-electron chi connectivity index (χ1n) is 6.83. The summed E-state index contributed by atoms with van der Waals surface area (Å²) in [6.45, 7) is 2.03. The zero-order valence-corrected chi connectivity index (χ0v) is 13.8. The van der Waals surface area contributed by atoms with Crippen LogP contribution in [0.2, 0.25) is 5.02 Å². The Morgan fingerprint density at radius 2 is 2.17 bits per heavy atom. The fraction of sp³-hybridized carbons (Fsp3) is 0.0625. The van der Waals surface area contributed by atoms with Crippen molar-refractivity contribution in [3.05, 3.63) is 63.6 Å². The minimum atomic E-state index is -0.385. The summed E-state index contributed by atoms with van der Waals surface area (Å²) in [6.07, 6.45) is 1.50. The highest BCUT2D eigenvalue weighted by molar-refractivity contribution is 7.15. The van der Waals surface area contributed by atoms with Crippen LogP contribution in [0.5, 0.6) is 0 Å². The Balaban J connectivity index is 1.67. The highest BCUT2D eigenvalue weighted by atomic mass is 35.5. The molecule has 2 heterocycles. The number of hydrazone groups is 1. The highest BCUT2D eigenvalue weighted by Gasteiger charge is 2.11. The van der Waals surface area contributed by atoms with Crippen LogP contribution in [0.4, 0.5) is 0 Å². The van der Waals surface area contributed by atoms with Gasteiger partial charge < -0.3 is 0 Å². The molecule has 0 aliphatic rings. The molecule has 0 spiro atoms. The molecule has 0 unspecified atom stereocenters. The number of thiophene rings is 1. The number of carbonyl (C=O) groups excluding carboxylic acids is 1. The number of hydrogen-bond donors (Lipinski definition) is 2. The quantitative estimate of drug-likeness (QED) is 0.557. The van der Waals surface area contributed by atoms with Crippen LogP contribution in [0.25, 0.3) is 10.6 Å². The maximum absolute atomic E-state index is 12.0. The van der Waals surface area contributed by atoms with Gasteiger partial charge in [0.25, 0.3) is 5.91 Å². The van der Waals surface area contributed by atoms with Gasteiger partial charge in [-0.15, -0.1) is 11.3 Å². The summed E-state index contributed by atoms with van der Waals surface area (Å²) in [5.41, 5.74) is 4.25. The minimum Gasteiger partial charge on any atom is -0.276 e. The van der Waals surface area contributed by atoms with Crippen LogP contribution < -0.4 is 5.43 Å². The van der Waals surface area contributed by atoms with E-state index < -0.39 is 0 Å². The van der Waals surface area contributed by atoms with Crippen LogP contribution in [0, 0.1) is 6.92 Å². The monoisotopic (exact) mass is 344 g/mol. The SMILES string of the molecule is Cc1ccc(-c2cc(C(=O)NN=Cc3ccccc3Cl)n[nH]2)s1. The lowest BCUT2D eigenvalue weighted by Crippen LogP contribution is -2.18. The van der Waals surface area contributed by atoms with Crippen molar-refractivity contribution in [1.82, 2.24) is 15.6 Å². The first-order valence-corrected chi connectivity index (χ1v) is 8.03. The summed E-state index contributed by atoms with van der Waals surface area (Å²) in [4.78, 5) is 14.3. The van der Waals surface area contributed by atoms with E-state index in [1.54, 1.807) is 23.5 Å². The Labute approximate surface area is 142 Å². The number of nitrogens with zero attached hydrogens (tertiary/aromatic N) is 2. The van der Waals surface area contributed by atoms with E-state index >= 15 is 0 Å². The Morgan fingerprint density at radius 1 is 1.35 bits per heavy atom. The van der Waals surface area contributed by atoms with Gasteiger partial charge in [-0.1, -0.05) is 29.8 Å². The number of aromatic amines is 1. The lowest BCUT2D eigenvalue weighted by atomic mass is 10.2. The molecule has 0 fully saturated rings. The number of aromatic nitrogens is 2. The molecule has 3 aromatic rings. The number of benzene rings is 1. The van der Waals surface area contributed by atoms with E-state index in [-0.39, 0.29) is 11.6 Å². The molecule has 23 heavy (non-hydrogen) atoms. The van der Waals surface area contributed by atoms with E-state index in [1.165, 1.54) is 11.1 Å². The highest BCUT2D eigenvalue weighted by Crippen LogP contribution is 2.26. The van der Waals surface area contributed by atoms with Gasteiger partial charge in [0.1, 0.15) is 0 Å². The molecule has 2 aromatic heterocycles. The van der Waals surface area contributed by atoms with Gasteiger partial charge in [-0.25, -0.2) is 5.43 Å². The molecule has 0 radical (unpaired) electrons. The molecule has 0 atom stereocenters. The molecule has 7 heteroatoms. The summed E-state index contributed by atoms with van der Waals surface area (Å²) in [5.74, 6) is -0.385. The van der Waals surface area contributed by atoms with Crippen molar-refractivity contribution in [2.45, 2.75) is 6.92 Å². The topological polar surface area (TPSA) is 70.1 Å². The van der Waals surface area contributed by atoms with Crippen molar-refractivity contribution in [1.29, 1.82) is 0 Å². The van der Waals surface area contributed by atoms with Gasteiger partial charge in [0.2, 0.25) is 0 Å². The van der Waals surface area contributed by atoms with Crippen LogP contribution >= 0.6 is 22.9 Å². The smallest absolute Gasteiger partial charge is 0.276 e. The fourth-order valence-corrected chi connectivity index (χ4v) is 2.96. The second-order valence-corrected chi connectivity index (χ2v) is 6.49. The molecule has 0 saturated heterocycles. The third-order valence-electron chi connectivity index (χ3n) is 3.09. The Hall–Kier alpha value is -2.44. The van der Waals surface area contributed by atoms with Crippen molar-refractivity contribution in [2.24, 2.45) is 5.10 Å². The van der Waals surface area contributed by atoms with Crippen LogP contribution in [0.3, 0.4) is 0 Å². The maximum atomic E-state index is 12.0. The van der Waals surface area contributed by atoms with Crippen LogP contribution in [0.15, 0.2) is 47.6 Å². The van der Waals surface area contributed by atoms with Crippen molar-refractivity contribution in [3.8, 4) is 10.6 Å². The number of hydrogen-bond acceptors (Lipinski definition) is 4. The molecule has 0 saturated carbocycles. The summed E-state index contributed by atoms with van der Waals surface area (Å²) in [6, 6.07) is 13.0. The van der Waals surface area contributed by atoms with Gasteiger partial charge in [-0.3, -0.25) is 9.89 Å². The van der Waals surface area contributed by atoms with E-state index in [9.17, 15) is 4.79 Å². The normalized spacial score (nSPS) is 11.0. The minimum absolute atomic E-state index is 0.280.